The standard InChI is InChI=1S/C24H29ClN8O5S2/c1-4-6-7-17-28-20(21(25)29-17)19-18(22(34)38-5-2)16(27-23(35)30-19)12-33(24-32-31-13(3)39-24)40(36,37)15-10-8-14(26)9-11-15/h8-11,19H,4-7,12,26H2,1-3H3,(H,28,29)(H2,27,30,35). The van der Waals surface area contributed by atoms with Crippen LogP contribution in [0.3, 0.4) is 0 Å². The molecule has 214 valence electrons. The van der Waals surface area contributed by atoms with Gasteiger partial charge in [-0.1, -0.05) is 36.3 Å². The van der Waals surface area contributed by atoms with E-state index in [1.54, 1.807) is 13.8 Å². The Labute approximate surface area is 240 Å². The number of nitrogens with zero attached hydrogens (tertiary/aromatic N) is 4. The molecule has 1 aliphatic heterocycles. The summed E-state index contributed by atoms with van der Waals surface area (Å²) in [5.41, 5.74) is 6.37. The van der Waals surface area contributed by atoms with Crippen LogP contribution in [0.5, 0.6) is 0 Å². The van der Waals surface area contributed by atoms with E-state index in [-0.39, 0.29) is 38.8 Å². The molecular weight excluding hydrogens is 580 g/mol. The van der Waals surface area contributed by atoms with E-state index in [2.05, 4.69) is 30.8 Å². The van der Waals surface area contributed by atoms with Gasteiger partial charge >= 0.3 is 12.0 Å². The van der Waals surface area contributed by atoms with E-state index in [0.29, 0.717) is 22.9 Å². The van der Waals surface area contributed by atoms with Gasteiger partial charge in [0.25, 0.3) is 10.0 Å². The number of nitrogens with two attached hydrogens (primary N) is 1. The summed E-state index contributed by atoms with van der Waals surface area (Å²) in [6.45, 7) is 4.93. The molecule has 1 aromatic carbocycles. The van der Waals surface area contributed by atoms with Crippen LogP contribution in [0.4, 0.5) is 15.6 Å². The molecule has 1 atom stereocenters. The highest BCUT2D eigenvalue weighted by Gasteiger charge is 2.39. The number of aromatic nitrogens is 4. The number of urea groups is 1. The Kier molecular flexibility index (Phi) is 8.95. The molecule has 0 bridgehead atoms. The Morgan fingerprint density at radius 2 is 1.95 bits per heavy atom. The summed E-state index contributed by atoms with van der Waals surface area (Å²) < 4.78 is 34.0. The topological polar surface area (TPSA) is 185 Å². The first-order valence-electron chi connectivity index (χ1n) is 12.4. The van der Waals surface area contributed by atoms with E-state index >= 15 is 0 Å². The van der Waals surface area contributed by atoms with Gasteiger partial charge < -0.3 is 26.1 Å². The second-order valence-corrected chi connectivity index (χ2v) is 12.2. The molecule has 0 saturated carbocycles. The number of hydrogen-bond acceptors (Lipinski definition) is 10. The minimum atomic E-state index is -4.25. The van der Waals surface area contributed by atoms with Gasteiger partial charge in [-0.15, -0.1) is 10.2 Å². The predicted octanol–water partition coefficient (Wildman–Crippen LogP) is 3.21. The molecule has 4 rings (SSSR count). The van der Waals surface area contributed by atoms with Crippen molar-refractivity contribution >= 4 is 55.8 Å². The number of nitrogen functional groups attached to an aromatic ring is 1. The maximum atomic E-state index is 13.8. The lowest BCUT2D eigenvalue weighted by molar-refractivity contribution is -0.139. The first kappa shape index (κ1) is 29.3. The summed E-state index contributed by atoms with van der Waals surface area (Å²) in [5.74, 6) is -0.176. The summed E-state index contributed by atoms with van der Waals surface area (Å²) in [6, 6.07) is 3.87. The lowest BCUT2D eigenvalue weighted by Crippen LogP contribution is -2.49. The SMILES string of the molecule is CCCCc1nc(Cl)c(C2NC(=O)NC(CN(c3nnc(C)s3)S(=O)(=O)c3ccc(N)cc3)=C2C(=O)OCC)[nH]1. The van der Waals surface area contributed by atoms with Gasteiger partial charge in [0.15, 0.2) is 5.15 Å². The number of unbranched alkanes of at least 4 members (excludes halogenated alkanes) is 1. The number of rotatable bonds is 11. The number of benzene rings is 1. The number of anilines is 2. The number of carbonyl (C=O) groups is 2. The Morgan fingerprint density at radius 1 is 1.23 bits per heavy atom. The number of carbonyl (C=O) groups excluding carboxylic acids is 2. The second-order valence-electron chi connectivity index (χ2n) is 8.82. The molecule has 0 aliphatic carbocycles. The Hall–Kier alpha value is -3.69. The van der Waals surface area contributed by atoms with Crippen molar-refractivity contribution in [3.05, 3.63) is 57.2 Å². The zero-order valence-electron chi connectivity index (χ0n) is 22.0. The van der Waals surface area contributed by atoms with E-state index in [4.69, 9.17) is 22.1 Å². The second kappa shape index (κ2) is 12.2. The summed E-state index contributed by atoms with van der Waals surface area (Å²) in [5, 5.41) is 13.9. The van der Waals surface area contributed by atoms with Crippen LogP contribution in [-0.4, -0.2) is 53.7 Å². The summed E-state index contributed by atoms with van der Waals surface area (Å²) in [4.78, 5) is 33.6. The number of nitrogens with one attached hydrogen (secondary N) is 3. The van der Waals surface area contributed by atoms with Gasteiger partial charge in [0, 0.05) is 12.1 Å². The van der Waals surface area contributed by atoms with E-state index in [9.17, 15) is 18.0 Å². The number of imidazole rings is 1. The number of amides is 2. The van der Waals surface area contributed by atoms with Crippen molar-refractivity contribution in [2.75, 3.05) is 23.2 Å². The number of hydrogen-bond donors (Lipinski definition) is 4. The average molecular weight is 609 g/mol. The fraction of sp³-hybridized carbons (Fsp3) is 0.375. The van der Waals surface area contributed by atoms with E-state index in [0.717, 1.165) is 28.5 Å². The van der Waals surface area contributed by atoms with E-state index in [1.165, 1.54) is 24.3 Å². The van der Waals surface area contributed by atoms with Crippen LogP contribution in [0.25, 0.3) is 0 Å². The van der Waals surface area contributed by atoms with Gasteiger partial charge in [-0.3, -0.25) is 0 Å². The van der Waals surface area contributed by atoms with Crippen molar-refractivity contribution in [2.24, 2.45) is 0 Å². The molecule has 0 saturated heterocycles. The first-order chi connectivity index (χ1) is 19.0. The average Bonchev–Trinajstić information content (AvgIpc) is 3.50. The number of H-pyrrole nitrogens is 1. The molecule has 13 nitrogen and oxygen atoms in total. The van der Waals surface area contributed by atoms with Gasteiger partial charge in [-0.05, 0) is 44.5 Å². The minimum Gasteiger partial charge on any atom is -0.463 e. The number of halogens is 1. The quantitative estimate of drug-likeness (QED) is 0.187. The molecular formula is C24H29ClN8O5S2. The summed E-state index contributed by atoms with van der Waals surface area (Å²) in [7, 11) is -4.25. The fourth-order valence-electron chi connectivity index (χ4n) is 4.03. The van der Waals surface area contributed by atoms with Gasteiger partial charge in [0.05, 0.1) is 35.0 Å². The highest BCUT2D eigenvalue weighted by Crippen LogP contribution is 2.34. The van der Waals surface area contributed by atoms with Crippen LogP contribution < -0.4 is 20.7 Å². The van der Waals surface area contributed by atoms with Crippen molar-refractivity contribution < 1.29 is 22.7 Å². The summed E-state index contributed by atoms with van der Waals surface area (Å²) >= 11 is 7.48. The van der Waals surface area contributed by atoms with Gasteiger partial charge in [-0.25, -0.2) is 27.3 Å². The molecule has 1 aliphatic rings. The van der Waals surface area contributed by atoms with Crippen LogP contribution in [-0.2, 0) is 26.0 Å². The van der Waals surface area contributed by atoms with Crippen molar-refractivity contribution in [3.8, 4) is 0 Å². The Balaban J connectivity index is 1.85. The lowest BCUT2D eigenvalue weighted by atomic mass is 9.99. The molecule has 1 unspecified atom stereocenters. The van der Waals surface area contributed by atoms with Gasteiger partial charge in [0.2, 0.25) is 5.13 Å². The Bertz CT molecular complexity index is 1530. The minimum absolute atomic E-state index is 0.0140. The van der Waals surface area contributed by atoms with Crippen molar-refractivity contribution in [3.63, 3.8) is 0 Å². The number of esters is 1. The largest absolute Gasteiger partial charge is 0.463 e. The molecule has 16 heteroatoms. The third-order valence-corrected chi connectivity index (χ3v) is 8.95. The number of aryl methyl sites for hydroxylation is 2. The normalized spacial score (nSPS) is 15.5. The molecule has 3 heterocycles. The van der Waals surface area contributed by atoms with Crippen LogP contribution >= 0.6 is 22.9 Å². The van der Waals surface area contributed by atoms with Crippen molar-refractivity contribution in [1.29, 1.82) is 0 Å². The smallest absolute Gasteiger partial charge is 0.338 e. The maximum absolute atomic E-state index is 13.8. The molecule has 2 amide bonds. The molecule has 3 aromatic rings. The number of aromatic amines is 1. The lowest BCUT2D eigenvalue weighted by Gasteiger charge is -2.31. The van der Waals surface area contributed by atoms with Crippen LogP contribution in [0, 0.1) is 6.92 Å². The third kappa shape index (κ3) is 6.21. The molecule has 40 heavy (non-hydrogen) atoms. The van der Waals surface area contributed by atoms with Gasteiger partial charge in [0.1, 0.15) is 16.9 Å². The molecule has 0 radical (unpaired) electrons. The van der Waals surface area contributed by atoms with Crippen LogP contribution in [0.15, 0.2) is 40.4 Å². The van der Waals surface area contributed by atoms with Crippen molar-refractivity contribution in [1.82, 2.24) is 30.8 Å². The highest BCUT2D eigenvalue weighted by atomic mass is 35.5. The fourth-order valence-corrected chi connectivity index (χ4v) is 6.56. The first-order valence-corrected chi connectivity index (χ1v) is 15.1. The predicted molar refractivity (Wildman–Crippen MR) is 150 cm³/mol. The monoisotopic (exact) mass is 608 g/mol. The third-order valence-electron chi connectivity index (χ3n) is 5.94. The van der Waals surface area contributed by atoms with Crippen molar-refractivity contribution in [2.45, 2.75) is 51.0 Å². The zero-order chi connectivity index (χ0) is 29.0. The molecule has 2 aromatic heterocycles. The van der Waals surface area contributed by atoms with E-state index < -0.39 is 34.6 Å². The highest BCUT2D eigenvalue weighted by molar-refractivity contribution is 7.93. The van der Waals surface area contributed by atoms with Crippen LogP contribution in [0.2, 0.25) is 5.15 Å². The number of sulfonamides is 1. The number of ether oxygens (including phenoxy) is 1. The maximum Gasteiger partial charge on any atom is 0.338 e. The zero-order valence-corrected chi connectivity index (χ0v) is 24.4. The molecule has 0 spiro atoms. The van der Waals surface area contributed by atoms with E-state index in [1.807, 2.05) is 6.92 Å². The van der Waals surface area contributed by atoms with Crippen LogP contribution in [0.1, 0.15) is 49.3 Å². The van der Waals surface area contributed by atoms with Gasteiger partial charge in [-0.2, -0.15) is 0 Å². The molecule has 0 fully saturated rings. The Morgan fingerprint density at radius 3 is 2.58 bits per heavy atom. The summed E-state index contributed by atoms with van der Waals surface area (Å²) in [6.07, 6.45) is 2.40. The molecule has 5 N–H and O–H groups in total.